The molecular weight excluding hydrogens is 358 g/mol. The molecule has 0 atom stereocenters. The Balaban J connectivity index is 1.89. The molecule has 2 aromatic rings. The molecule has 1 aromatic heterocycles. The number of anilines is 1. The zero-order chi connectivity index (χ0) is 20.1. The molecule has 1 amide bonds. The van der Waals surface area contributed by atoms with E-state index in [1.54, 1.807) is 18.3 Å². The van der Waals surface area contributed by atoms with Crippen molar-refractivity contribution in [1.29, 1.82) is 0 Å². The Morgan fingerprint density at radius 3 is 2.25 bits per heavy atom. The highest BCUT2D eigenvalue weighted by molar-refractivity contribution is 6.05. The SMILES string of the molecule is CCOc1cc(C(=O)Nc2c(C)cnn2CC2CC2)cc(OCC)c1OCC. The van der Waals surface area contributed by atoms with Crippen molar-refractivity contribution in [3.05, 3.63) is 29.5 Å². The number of aryl methyl sites for hydroxylation is 1. The fraction of sp³-hybridized carbons (Fsp3) is 0.524. The number of carbonyl (C=O) groups excluding carboxylic acids is 1. The van der Waals surface area contributed by atoms with Crippen LogP contribution < -0.4 is 19.5 Å². The summed E-state index contributed by atoms with van der Waals surface area (Å²) in [5, 5.41) is 7.42. The lowest BCUT2D eigenvalue weighted by Gasteiger charge is -2.17. The van der Waals surface area contributed by atoms with Crippen LogP contribution in [0.2, 0.25) is 0 Å². The quantitative estimate of drug-likeness (QED) is 0.666. The standard InChI is InChI=1S/C21H29N3O4/c1-5-26-17-10-16(11-18(27-6-2)19(17)28-7-3)21(25)23-20-14(4)12-22-24(20)13-15-8-9-15/h10-12,15H,5-9,13H2,1-4H3,(H,23,25). The van der Waals surface area contributed by atoms with Gasteiger partial charge in [0.15, 0.2) is 11.5 Å². The van der Waals surface area contributed by atoms with Gasteiger partial charge in [-0.05, 0) is 58.6 Å². The number of hydrogen-bond donors (Lipinski definition) is 1. The van der Waals surface area contributed by atoms with Gasteiger partial charge in [-0.1, -0.05) is 0 Å². The van der Waals surface area contributed by atoms with Crippen molar-refractivity contribution >= 4 is 11.7 Å². The number of rotatable bonds is 10. The Morgan fingerprint density at radius 2 is 1.71 bits per heavy atom. The first-order valence-electron chi connectivity index (χ1n) is 9.97. The summed E-state index contributed by atoms with van der Waals surface area (Å²) >= 11 is 0. The zero-order valence-corrected chi connectivity index (χ0v) is 17.1. The van der Waals surface area contributed by atoms with Gasteiger partial charge in [0.2, 0.25) is 5.75 Å². The van der Waals surface area contributed by atoms with Crippen LogP contribution in [0.25, 0.3) is 0 Å². The largest absolute Gasteiger partial charge is 0.490 e. The van der Waals surface area contributed by atoms with Gasteiger partial charge in [-0.2, -0.15) is 5.10 Å². The minimum Gasteiger partial charge on any atom is -0.490 e. The lowest BCUT2D eigenvalue weighted by Crippen LogP contribution is -2.17. The highest BCUT2D eigenvalue weighted by atomic mass is 16.5. The van der Waals surface area contributed by atoms with Gasteiger partial charge in [-0.3, -0.25) is 4.79 Å². The lowest BCUT2D eigenvalue weighted by atomic mass is 10.1. The summed E-state index contributed by atoms with van der Waals surface area (Å²) in [5.74, 6) is 2.70. The molecule has 152 valence electrons. The third-order valence-electron chi connectivity index (χ3n) is 4.55. The maximum atomic E-state index is 13.0. The first-order chi connectivity index (χ1) is 13.6. The zero-order valence-electron chi connectivity index (χ0n) is 17.1. The van der Waals surface area contributed by atoms with Crippen LogP contribution in [-0.2, 0) is 6.54 Å². The van der Waals surface area contributed by atoms with Gasteiger partial charge in [-0.15, -0.1) is 0 Å². The number of hydrogen-bond acceptors (Lipinski definition) is 5. The summed E-state index contributed by atoms with van der Waals surface area (Å²) < 4.78 is 19.0. The molecule has 0 bridgehead atoms. The van der Waals surface area contributed by atoms with E-state index in [9.17, 15) is 4.79 Å². The van der Waals surface area contributed by atoms with Crippen molar-refractivity contribution < 1.29 is 19.0 Å². The van der Waals surface area contributed by atoms with E-state index in [4.69, 9.17) is 14.2 Å². The van der Waals surface area contributed by atoms with Crippen molar-refractivity contribution in [3.63, 3.8) is 0 Å². The summed E-state index contributed by atoms with van der Waals surface area (Å²) in [6.45, 7) is 9.86. The van der Waals surface area contributed by atoms with E-state index >= 15 is 0 Å². The van der Waals surface area contributed by atoms with Crippen LogP contribution in [0.5, 0.6) is 17.2 Å². The summed E-state index contributed by atoms with van der Waals surface area (Å²) in [7, 11) is 0. The van der Waals surface area contributed by atoms with Crippen molar-refractivity contribution in [1.82, 2.24) is 9.78 Å². The monoisotopic (exact) mass is 387 g/mol. The molecule has 1 heterocycles. The molecule has 0 saturated heterocycles. The third kappa shape index (κ3) is 4.58. The molecule has 0 aliphatic heterocycles. The maximum absolute atomic E-state index is 13.0. The first kappa shape index (κ1) is 20.0. The Hall–Kier alpha value is -2.70. The molecule has 1 N–H and O–H groups in total. The smallest absolute Gasteiger partial charge is 0.257 e. The topological polar surface area (TPSA) is 74.6 Å². The number of ether oxygens (including phenoxy) is 3. The normalized spacial score (nSPS) is 13.3. The lowest BCUT2D eigenvalue weighted by molar-refractivity contribution is 0.102. The summed E-state index contributed by atoms with van der Waals surface area (Å²) in [6.07, 6.45) is 4.23. The van der Waals surface area contributed by atoms with E-state index in [1.807, 2.05) is 32.4 Å². The average Bonchev–Trinajstić information content (AvgIpc) is 3.43. The minimum absolute atomic E-state index is 0.231. The van der Waals surface area contributed by atoms with E-state index in [-0.39, 0.29) is 5.91 Å². The summed E-state index contributed by atoms with van der Waals surface area (Å²) in [5.41, 5.74) is 1.39. The molecular formula is C21H29N3O4. The van der Waals surface area contributed by atoms with Crippen molar-refractivity contribution in [2.45, 2.75) is 47.1 Å². The summed E-state index contributed by atoms with van der Waals surface area (Å²) in [4.78, 5) is 13.0. The second kappa shape index (κ2) is 8.99. The number of nitrogens with one attached hydrogen (secondary N) is 1. The van der Waals surface area contributed by atoms with Crippen LogP contribution in [0.3, 0.4) is 0 Å². The predicted octanol–water partition coefficient (Wildman–Crippen LogP) is 4.05. The number of nitrogens with zero attached hydrogens (tertiary/aromatic N) is 2. The molecule has 1 aliphatic rings. The van der Waals surface area contributed by atoms with Gasteiger partial charge in [0, 0.05) is 17.7 Å². The number of carbonyl (C=O) groups is 1. The maximum Gasteiger partial charge on any atom is 0.257 e. The van der Waals surface area contributed by atoms with Crippen LogP contribution >= 0.6 is 0 Å². The number of amides is 1. The van der Waals surface area contributed by atoms with E-state index < -0.39 is 0 Å². The van der Waals surface area contributed by atoms with Crippen LogP contribution in [0, 0.1) is 12.8 Å². The van der Waals surface area contributed by atoms with Crippen LogP contribution in [0.4, 0.5) is 5.82 Å². The van der Waals surface area contributed by atoms with Gasteiger partial charge in [0.1, 0.15) is 5.82 Å². The minimum atomic E-state index is -0.231. The Bertz CT molecular complexity index is 800. The van der Waals surface area contributed by atoms with Gasteiger partial charge >= 0.3 is 0 Å². The summed E-state index contributed by atoms with van der Waals surface area (Å²) in [6, 6.07) is 3.40. The predicted molar refractivity (Wildman–Crippen MR) is 108 cm³/mol. The Morgan fingerprint density at radius 1 is 1.11 bits per heavy atom. The van der Waals surface area contributed by atoms with Gasteiger partial charge in [0.05, 0.1) is 26.0 Å². The van der Waals surface area contributed by atoms with E-state index in [1.165, 1.54) is 12.8 Å². The molecule has 7 nitrogen and oxygen atoms in total. The van der Waals surface area contributed by atoms with Crippen molar-refractivity contribution in [3.8, 4) is 17.2 Å². The first-order valence-corrected chi connectivity index (χ1v) is 9.97. The van der Waals surface area contributed by atoms with Crippen LogP contribution in [-0.4, -0.2) is 35.5 Å². The fourth-order valence-corrected chi connectivity index (χ4v) is 3.02. The molecule has 0 spiro atoms. The van der Waals surface area contributed by atoms with Gasteiger partial charge in [0.25, 0.3) is 5.91 Å². The molecule has 7 heteroatoms. The van der Waals surface area contributed by atoms with E-state index in [0.29, 0.717) is 48.6 Å². The average molecular weight is 387 g/mol. The highest BCUT2D eigenvalue weighted by Gasteiger charge is 2.25. The third-order valence-corrected chi connectivity index (χ3v) is 4.55. The number of benzene rings is 1. The van der Waals surface area contributed by atoms with Gasteiger partial charge in [-0.25, -0.2) is 4.68 Å². The van der Waals surface area contributed by atoms with E-state index in [0.717, 1.165) is 17.9 Å². The molecule has 1 aliphatic carbocycles. The second-order valence-corrected chi connectivity index (χ2v) is 6.86. The van der Waals surface area contributed by atoms with E-state index in [2.05, 4.69) is 10.4 Å². The van der Waals surface area contributed by atoms with Gasteiger partial charge < -0.3 is 19.5 Å². The Kier molecular flexibility index (Phi) is 6.44. The van der Waals surface area contributed by atoms with Crippen molar-refractivity contribution in [2.24, 2.45) is 5.92 Å². The molecule has 1 fully saturated rings. The van der Waals surface area contributed by atoms with Crippen LogP contribution in [0.15, 0.2) is 18.3 Å². The molecule has 28 heavy (non-hydrogen) atoms. The number of aromatic nitrogens is 2. The molecule has 0 radical (unpaired) electrons. The highest BCUT2D eigenvalue weighted by Crippen LogP contribution is 2.39. The molecule has 0 unspecified atom stereocenters. The fourth-order valence-electron chi connectivity index (χ4n) is 3.02. The van der Waals surface area contributed by atoms with Crippen LogP contribution in [0.1, 0.15) is 49.5 Å². The molecule has 1 aromatic carbocycles. The second-order valence-electron chi connectivity index (χ2n) is 6.86. The molecule has 3 rings (SSSR count). The van der Waals surface area contributed by atoms with Crippen molar-refractivity contribution in [2.75, 3.05) is 25.1 Å². The Labute approximate surface area is 166 Å². The molecule has 1 saturated carbocycles.